The third-order valence-corrected chi connectivity index (χ3v) is 12.1. The molecule has 11 N–H and O–H groups in total. The van der Waals surface area contributed by atoms with Gasteiger partial charge in [0.25, 0.3) is 46.2 Å². The Morgan fingerprint density at radius 1 is 0.540 bits per heavy atom. The van der Waals surface area contributed by atoms with Crippen molar-refractivity contribution >= 4 is 108 Å². The molecule has 6 rings (SSSR count). The molecule has 6 aromatic carbocycles. The largest absolute Gasteiger partial charge is 0.505 e. The van der Waals surface area contributed by atoms with Crippen molar-refractivity contribution in [3.63, 3.8) is 0 Å². The van der Waals surface area contributed by atoms with Crippen LogP contribution in [0, 0.1) is 0 Å². The summed E-state index contributed by atoms with van der Waals surface area (Å²) >= 11 is 0. The van der Waals surface area contributed by atoms with E-state index in [4.69, 9.17) is 20.9 Å². The van der Waals surface area contributed by atoms with Gasteiger partial charge >= 0.3 is 0 Å². The van der Waals surface area contributed by atoms with E-state index < -0.39 is 94.3 Å². The smallest absolute Gasteiger partial charge is 0.296 e. The van der Waals surface area contributed by atoms with Gasteiger partial charge in [-0.2, -0.15) is 33.7 Å². The molecule has 0 fully saturated rings. The van der Waals surface area contributed by atoms with Gasteiger partial charge in [0.05, 0.1) is 35.2 Å². The molecule has 63 heavy (non-hydrogen) atoms. The van der Waals surface area contributed by atoms with E-state index in [9.17, 15) is 67.3 Å². The average Bonchev–Trinajstić information content (AvgIpc) is 3.18. The van der Waals surface area contributed by atoms with E-state index in [0.717, 1.165) is 36.4 Å². The van der Waals surface area contributed by atoms with Crippen LogP contribution in [0.3, 0.4) is 0 Å². The number of hydrogen-bond donors (Lipinski definition) is 9. The third kappa shape index (κ3) is 9.24. The van der Waals surface area contributed by atoms with Gasteiger partial charge in [-0.1, -0.05) is 0 Å². The molecule has 0 aliphatic heterocycles. The number of fused-ring (bicyclic) bond motifs is 2. The molecular weight excluding hydrogens is 921 g/mol. The van der Waals surface area contributed by atoms with Crippen LogP contribution in [0.2, 0.25) is 0 Å². The van der Waals surface area contributed by atoms with Crippen LogP contribution in [0.15, 0.2) is 118 Å². The number of ether oxygens (including phenoxy) is 2. The lowest BCUT2D eigenvalue weighted by Gasteiger charge is -2.12. The van der Waals surface area contributed by atoms with E-state index in [0.29, 0.717) is 4.86 Å². The molecule has 0 aliphatic carbocycles. The van der Waals surface area contributed by atoms with Gasteiger partial charge in [0, 0.05) is 34.3 Å². The Kier molecular flexibility index (Phi) is 11.7. The van der Waals surface area contributed by atoms with Crippen LogP contribution in [-0.4, -0.2) is 86.4 Å². The minimum atomic E-state index is -5.16. The topological polar surface area (TPSA) is 413 Å². The van der Waals surface area contributed by atoms with Gasteiger partial charge in [-0.15, -0.1) is 20.5 Å². The Labute approximate surface area is 354 Å². The van der Waals surface area contributed by atoms with Gasteiger partial charge in [-0.25, -0.2) is 0 Å². The van der Waals surface area contributed by atoms with Gasteiger partial charge in [-0.05, 0) is 65.4 Å². The Bertz CT molecular complexity index is 3490. The Balaban J connectivity index is 1.33. The molecule has 0 radical (unpaired) electrons. The number of nitrogens with two attached hydrogens (primary N) is 2. The van der Waals surface area contributed by atoms with E-state index in [2.05, 4.69) is 25.6 Å². The molecule has 25 nitrogen and oxygen atoms in total. The first kappa shape index (κ1) is 45.4. The van der Waals surface area contributed by atoms with E-state index in [1.165, 1.54) is 50.6 Å². The number of nitrogen functional groups attached to an aromatic ring is 2. The highest BCUT2D eigenvalue weighted by molar-refractivity contribution is 7.86. The van der Waals surface area contributed by atoms with E-state index >= 15 is 0 Å². The normalized spacial score (nSPS) is 13.1. The number of phenols is 2. The molecule has 6 aromatic rings. The first-order valence-corrected chi connectivity index (χ1v) is 22.5. The molecule has 0 heterocycles. The van der Waals surface area contributed by atoms with Crippen molar-refractivity contribution in [2.75, 3.05) is 25.7 Å². The number of anilines is 2. The fourth-order valence-corrected chi connectivity index (χ4v) is 8.35. The molecule has 0 amide bonds. The number of hydrogen-bond acceptors (Lipinski definition) is 19. The van der Waals surface area contributed by atoms with Gasteiger partial charge in [-0.3, -0.25) is 23.4 Å². The molecule has 0 atom stereocenters. The summed E-state index contributed by atoms with van der Waals surface area (Å²) in [7, 11) is -17.5. The van der Waals surface area contributed by atoms with Gasteiger partial charge in [0.15, 0.2) is 17.2 Å². The highest BCUT2D eigenvalue weighted by Gasteiger charge is 2.27. The van der Waals surface area contributed by atoms with Gasteiger partial charge < -0.3 is 31.2 Å². The van der Waals surface area contributed by atoms with Crippen molar-refractivity contribution < 1.29 is 81.6 Å². The molecule has 330 valence electrons. The lowest BCUT2D eigenvalue weighted by Crippen LogP contribution is -2.02. The molecule has 0 saturated carbocycles. The van der Waals surface area contributed by atoms with Crippen LogP contribution in [-0.2, 0) is 40.5 Å². The van der Waals surface area contributed by atoms with Crippen molar-refractivity contribution in [2.45, 2.75) is 19.6 Å². The Hall–Kier alpha value is -7.12. The van der Waals surface area contributed by atoms with Crippen molar-refractivity contribution in [1.82, 2.24) is 0 Å². The third-order valence-electron chi connectivity index (χ3n) is 8.74. The molecule has 0 aliphatic rings. The number of methoxy groups -OCH3 is 2. The highest BCUT2D eigenvalue weighted by atomic mass is 32.2. The summed E-state index contributed by atoms with van der Waals surface area (Å²) in [4.78, 5) is -3.09. The second kappa shape index (κ2) is 16.3. The minimum Gasteiger partial charge on any atom is -0.505 e. The van der Waals surface area contributed by atoms with Crippen LogP contribution in [0.5, 0.6) is 23.0 Å². The summed E-state index contributed by atoms with van der Waals surface area (Å²) in [6.07, 6.45) is 0. The monoisotopic (exact) mass is 949 g/mol. The van der Waals surface area contributed by atoms with Crippen molar-refractivity contribution in [3.05, 3.63) is 72.8 Å². The number of phenolic OH excluding ortho intramolecular Hbond substituents is 2. The number of nitrogens with zero attached hydrogens (tertiary/aromatic N) is 6. The molecular formula is C34H29N8O17S4+. The first-order valence-electron chi connectivity index (χ1n) is 16.7. The quantitative estimate of drug-likeness (QED) is 0.0216. The van der Waals surface area contributed by atoms with Crippen molar-refractivity contribution in [2.24, 2.45) is 25.6 Å². The molecule has 0 aromatic heterocycles. The number of benzene rings is 6. The maximum atomic E-state index is 12.3. The fourth-order valence-electron chi connectivity index (χ4n) is 5.93. The van der Waals surface area contributed by atoms with Crippen LogP contribution in [0.1, 0.15) is 0 Å². The second-order valence-corrected chi connectivity index (χ2v) is 18.4. The molecule has 0 bridgehead atoms. The van der Waals surface area contributed by atoms with Crippen LogP contribution < -0.4 is 20.9 Å². The van der Waals surface area contributed by atoms with Crippen molar-refractivity contribution in [3.8, 4) is 23.0 Å². The number of rotatable bonds is 12. The highest BCUT2D eigenvalue weighted by Crippen LogP contribution is 2.47. The number of aromatic hydroxyl groups is 2. The zero-order chi connectivity index (χ0) is 46.6. The maximum Gasteiger partial charge on any atom is 0.296 e. The van der Waals surface area contributed by atoms with Gasteiger partial charge in [0.2, 0.25) is 0 Å². The lowest BCUT2D eigenvalue weighted by atomic mass is 10.1. The molecule has 0 saturated heterocycles. The molecule has 29 heteroatoms. The summed E-state index contributed by atoms with van der Waals surface area (Å²) in [5, 5.41) is 51.1. The maximum absolute atomic E-state index is 12.3. The van der Waals surface area contributed by atoms with Crippen LogP contribution >= 0.6 is 0 Å². The standard InChI is InChI=1S/C34H28N8O17S4/c1-58-25-11-17(3-5-23(25)37-39-31-27(62(52,53)54)9-15-7-19(60(46,47)48)13-21(35)29(15)33(31)43)41-42(45)18-4-6-24(26(12-18)59-2)38-40-32-28(63(55,56)57)10-16-8-20(61(49,50)51)14-22(36)30(16)34(32)44/h3-14,45H,1-2H3,(H9,35,36,38,43,44,46,47,48,49,50,51,52,53,54,55,56,57)/p+1. The summed E-state index contributed by atoms with van der Waals surface area (Å²) in [5.74, 6) is -2.03. The summed E-state index contributed by atoms with van der Waals surface area (Å²) in [5.41, 5.74) is 9.09. The lowest BCUT2D eigenvalue weighted by molar-refractivity contribution is -0.761. The van der Waals surface area contributed by atoms with Crippen LogP contribution in [0.25, 0.3) is 21.5 Å². The van der Waals surface area contributed by atoms with E-state index in [-0.39, 0.29) is 55.8 Å². The second-order valence-electron chi connectivity index (χ2n) is 12.8. The zero-order valence-electron chi connectivity index (χ0n) is 31.6. The first-order chi connectivity index (χ1) is 29.2. The average molecular weight is 950 g/mol. The van der Waals surface area contributed by atoms with Crippen LogP contribution in [0.4, 0.5) is 45.5 Å². The van der Waals surface area contributed by atoms with Gasteiger partial charge in [0.1, 0.15) is 48.8 Å². The summed E-state index contributed by atoms with van der Waals surface area (Å²) < 4.78 is 145. The Morgan fingerprint density at radius 3 is 1.35 bits per heavy atom. The number of azo groups is 3. The van der Waals surface area contributed by atoms with E-state index in [1.54, 1.807) is 0 Å². The predicted octanol–water partition coefficient (Wildman–Crippen LogP) is 6.22. The molecule has 0 unspecified atom stereocenters. The fraction of sp³-hybridized carbons (Fsp3) is 0.0588. The summed E-state index contributed by atoms with van der Waals surface area (Å²) in [6, 6.07) is 12.2. The predicted molar refractivity (Wildman–Crippen MR) is 217 cm³/mol. The van der Waals surface area contributed by atoms with Crippen molar-refractivity contribution in [1.29, 1.82) is 0 Å². The van der Waals surface area contributed by atoms with E-state index in [1.807, 2.05) is 0 Å². The Morgan fingerprint density at radius 2 is 0.952 bits per heavy atom. The zero-order valence-corrected chi connectivity index (χ0v) is 34.9. The summed E-state index contributed by atoms with van der Waals surface area (Å²) in [6.45, 7) is 0. The molecule has 0 spiro atoms. The SMILES string of the molecule is COc1cc(N=[N+](O)c2ccc(N=Nc3c(S(=O)(=O)O)cc4cc(S(=O)(=O)O)cc(N)c4c3O)c(OC)c2)ccc1N=Nc1c(S(=O)(=O)O)cc2cc(S(=O)(=O)O)cc(N)c2c1O. The minimum absolute atomic E-state index is 0.0122.